The van der Waals surface area contributed by atoms with Crippen molar-refractivity contribution in [1.29, 1.82) is 0 Å². The van der Waals surface area contributed by atoms with Crippen LogP contribution in [-0.4, -0.2) is 42.7 Å². The number of nitrogens with zero attached hydrogens (tertiary/aromatic N) is 1. The number of hydrogen-bond donors (Lipinski definition) is 1. The molecule has 1 saturated heterocycles. The Morgan fingerprint density at radius 3 is 2.89 bits per heavy atom. The lowest BCUT2D eigenvalue weighted by Gasteiger charge is -2.16. The minimum absolute atomic E-state index is 0.0533. The Morgan fingerprint density at radius 2 is 2.28 bits per heavy atom. The van der Waals surface area contributed by atoms with E-state index in [1.165, 1.54) is 0 Å². The molecule has 1 fully saturated rings. The maximum atomic E-state index is 11.3. The second kappa shape index (κ2) is 5.40. The molecule has 0 saturated carbocycles. The summed E-state index contributed by atoms with van der Waals surface area (Å²) in [5.74, 6) is -0.194. The molecule has 0 bridgehead atoms. The molecule has 0 aliphatic carbocycles. The fourth-order valence-electron chi connectivity index (χ4n) is 2.60. The summed E-state index contributed by atoms with van der Waals surface area (Å²) in [4.78, 5) is 13.5. The molecular weight excluding hydrogens is 230 g/mol. The van der Waals surface area contributed by atoms with Crippen LogP contribution in [0.3, 0.4) is 0 Å². The summed E-state index contributed by atoms with van der Waals surface area (Å²) in [6.07, 6.45) is 0. The van der Waals surface area contributed by atoms with E-state index in [1.807, 2.05) is 24.3 Å². The summed E-state index contributed by atoms with van der Waals surface area (Å²) >= 11 is 0. The molecule has 1 aliphatic rings. The van der Waals surface area contributed by atoms with Crippen LogP contribution < -0.4 is 4.74 Å². The summed E-state index contributed by atoms with van der Waals surface area (Å²) in [5.41, 5.74) is 1.05. The number of hydrogen-bond acceptors (Lipinski definition) is 3. The van der Waals surface area contributed by atoms with E-state index in [0.29, 0.717) is 6.54 Å². The molecule has 98 valence electrons. The number of likely N-dealkylation sites (N-methyl/N-ethyl adjacent to an activating group) is 1. The number of rotatable bonds is 4. The molecule has 0 spiro atoms. The number of methoxy groups -OCH3 is 1. The minimum Gasteiger partial charge on any atom is -0.497 e. The van der Waals surface area contributed by atoms with Crippen LogP contribution in [0.4, 0.5) is 0 Å². The van der Waals surface area contributed by atoms with Crippen molar-refractivity contribution >= 4 is 5.97 Å². The second-order valence-electron chi connectivity index (χ2n) is 4.68. The van der Waals surface area contributed by atoms with Crippen LogP contribution in [0.1, 0.15) is 18.4 Å². The van der Waals surface area contributed by atoms with E-state index in [1.54, 1.807) is 7.11 Å². The quantitative estimate of drug-likeness (QED) is 0.884. The average molecular weight is 249 g/mol. The van der Waals surface area contributed by atoms with Crippen LogP contribution >= 0.6 is 0 Å². The predicted octanol–water partition coefficient (Wildman–Crippen LogP) is 1.82. The molecular formula is C14H19NO3. The van der Waals surface area contributed by atoms with Gasteiger partial charge in [0.25, 0.3) is 0 Å². The summed E-state index contributed by atoms with van der Waals surface area (Å²) in [6.45, 7) is 4.39. The maximum Gasteiger partial charge on any atom is 0.308 e. The summed E-state index contributed by atoms with van der Waals surface area (Å²) < 4.78 is 5.20. The number of likely N-dealkylation sites (tertiary alicyclic amines) is 1. The van der Waals surface area contributed by atoms with Crippen molar-refractivity contribution in [3.63, 3.8) is 0 Å². The summed E-state index contributed by atoms with van der Waals surface area (Å²) in [5, 5.41) is 9.33. The molecule has 0 radical (unpaired) electrons. The van der Waals surface area contributed by atoms with E-state index in [2.05, 4.69) is 11.8 Å². The van der Waals surface area contributed by atoms with Crippen LogP contribution in [0.25, 0.3) is 0 Å². The van der Waals surface area contributed by atoms with Crippen LogP contribution in [0.2, 0.25) is 0 Å². The zero-order valence-electron chi connectivity index (χ0n) is 10.8. The number of benzene rings is 1. The Balaban J connectivity index is 2.26. The van der Waals surface area contributed by atoms with Gasteiger partial charge in [0.2, 0.25) is 0 Å². The van der Waals surface area contributed by atoms with Crippen molar-refractivity contribution in [2.24, 2.45) is 5.92 Å². The molecule has 1 aromatic carbocycles. The third-order valence-corrected chi connectivity index (χ3v) is 3.68. The first-order valence-electron chi connectivity index (χ1n) is 6.24. The van der Waals surface area contributed by atoms with E-state index >= 15 is 0 Å². The van der Waals surface area contributed by atoms with Gasteiger partial charge in [-0.25, -0.2) is 0 Å². The standard InChI is InChI=1S/C14H19NO3/c1-3-15-8-12(13(9-15)14(16)17)10-5-4-6-11(7-10)18-2/h4-7,12-13H,3,8-9H2,1-2H3,(H,16,17). The Bertz CT molecular complexity index is 433. The van der Waals surface area contributed by atoms with Gasteiger partial charge in [0.1, 0.15) is 5.75 Å². The van der Waals surface area contributed by atoms with Gasteiger partial charge in [0, 0.05) is 19.0 Å². The van der Waals surface area contributed by atoms with E-state index in [4.69, 9.17) is 4.74 Å². The smallest absolute Gasteiger partial charge is 0.308 e. The molecule has 1 heterocycles. The van der Waals surface area contributed by atoms with Gasteiger partial charge in [0.05, 0.1) is 13.0 Å². The lowest BCUT2D eigenvalue weighted by Crippen LogP contribution is -2.23. The zero-order valence-corrected chi connectivity index (χ0v) is 10.8. The van der Waals surface area contributed by atoms with Crippen molar-refractivity contribution in [1.82, 2.24) is 4.90 Å². The highest BCUT2D eigenvalue weighted by molar-refractivity contribution is 5.72. The molecule has 0 aromatic heterocycles. The van der Waals surface area contributed by atoms with Crippen LogP contribution in [0, 0.1) is 5.92 Å². The van der Waals surface area contributed by atoms with Crippen molar-refractivity contribution in [2.75, 3.05) is 26.7 Å². The Kier molecular flexibility index (Phi) is 3.87. The molecule has 1 N–H and O–H groups in total. The third kappa shape index (κ3) is 2.48. The molecule has 0 amide bonds. The Morgan fingerprint density at radius 1 is 1.50 bits per heavy atom. The number of carboxylic acid groups (broad SMARTS) is 1. The van der Waals surface area contributed by atoms with Crippen LogP contribution in [0.15, 0.2) is 24.3 Å². The number of carbonyl (C=O) groups is 1. The first-order chi connectivity index (χ1) is 8.65. The molecule has 1 aromatic rings. The fourth-order valence-corrected chi connectivity index (χ4v) is 2.60. The summed E-state index contributed by atoms with van der Waals surface area (Å²) in [6, 6.07) is 7.73. The Hall–Kier alpha value is -1.55. The molecule has 18 heavy (non-hydrogen) atoms. The van der Waals surface area contributed by atoms with E-state index in [0.717, 1.165) is 24.4 Å². The highest BCUT2D eigenvalue weighted by atomic mass is 16.5. The van der Waals surface area contributed by atoms with Gasteiger partial charge in [-0.05, 0) is 24.2 Å². The van der Waals surface area contributed by atoms with Crippen molar-refractivity contribution in [3.05, 3.63) is 29.8 Å². The highest BCUT2D eigenvalue weighted by Crippen LogP contribution is 2.34. The predicted molar refractivity (Wildman–Crippen MR) is 69.0 cm³/mol. The maximum absolute atomic E-state index is 11.3. The van der Waals surface area contributed by atoms with Crippen LogP contribution in [0.5, 0.6) is 5.75 Å². The van der Waals surface area contributed by atoms with Crippen LogP contribution in [-0.2, 0) is 4.79 Å². The first-order valence-corrected chi connectivity index (χ1v) is 6.24. The van der Waals surface area contributed by atoms with Gasteiger partial charge in [0.15, 0.2) is 0 Å². The Labute approximate surface area is 107 Å². The normalized spacial score (nSPS) is 24.1. The second-order valence-corrected chi connectivity index (χ2v) is 4.68. The highest BCUT2D eigenvalue weighted by Gasteiger charge is 2.37. The van der Waals surface area contributed by atoms with Gasteiger partial charge in [-0.1, -0.05) is 19.1 Å². The van der Waals surface area contributed by atoms with Crippen molar-refractivity contribution in [2.45, 2.75) is 12.8 Å². The molecule has 1 aliphatic heterocycles. The lowest BCUT2D eigenvalue weighted by atomic mass is 9.89. The van der Waals surface area contributed by atoms with Gasteiger partial charge in [-0.15, -0.1) is 0 Å². The topological polar surface area (TPSA) is 49.8 Å². The fraction of sp³-hybridized carbons (Fsp3) is 0.500. The summed E-state index contributed by atoms with van der Waals surface area (Å²) in [7, 11) is 1.63. The van der Waals surface area contributed by atoms with Crippen molar-refractivity contribution in [3.8, 4) is 5.75 Å². The van der Waals surface area contributed by atoms with E-state index in [-0.39, 0.29) is 11.8 Å². The van der Waals surface area contributed by atoms with E-state index < -0.39 is 5.97 Å². The number of aliphatic carboxylic acids is 1. The van der Waals surface area contributed by atoms with Gasteiger partial charge < -0.3 is 14.7 Å². The third-order valence-electron chi connectivity index (χ3n) is 3.68. The molecule has 4 heteroatoms. The lowest BCUT2D eigenvalue weighted by molar-refractivity contribution is -0.141. The minimum atomic E-state index is -0.709. The van der Waals surface area contributed by atoms with Gasteiger partial charge >= 0.3 is 5.97 Å². The van der Waals surface area contributed by atoms with E-state index in [9.17, 15) is 9.90 Å². The van der Waals surface area contributed by atoms with Gasteiger partial charge in [-0.2, -0.15) is 0 Å². The molecule has 4 nitrogen and oxygen atoms in total. The SMILES string of the molecule is CCN1CC(C(=O)O)C(c2cccc(OC)c2)C1. The molecule has 2 rings (SSSR count). The van der Waals surface area contributed by atoms with Crippen molar-refractivity contribution < 1.29 is 14.6 Å². The first kappa shape index (κ1) is 12.9. The molecule has 2 unspecified atom stereocenters. The largest absolute Gasteiger partial charge is 0.497 e. The number of carboxylic acids is 1. The van der Waals surface area contributed by atoms with Gasteiger partial charge in [-0.3, -0.25) is 4.79 Å². The monoisotopic (exact) mass is 249 g/mol. The average Bonchev–Trinajstić information content (AvgIpc) is 2.83. The zero-order chi connectivity index (χ0) is 13.1. The molecule has 2 atom stereocenters. The number of ether oxygens (including phenoxy) is 1.